The Morgan fingerprint density at radius 2 is 1.62 bits per heavy atom. The molecule has 2 heterocycles. The molecule has 0 bridgehead atoms. The van der Waals surface area contributed by atoms with Crippen LogP contribution in [-0.2, 0) is 12.8 Å². The van der Waals surface area contributed by atoms with Crippen LogP contribution in [0.3, 0.4) is 0 Å². The highest BCUT2D eigenvalue weighted by Crippen LogP contribution is 2.32. The highest BCUT2D eigenvalue weighted by atomic mass is 16.5. The van der Waals surface area contributed by atoms with Gasteiger partial charge < -0.3 is 18.9 Å². The Bertz CT molecular complexity index is 712. The number of ether oxygens (including phenoxy) is 2. The van der Waals surface area contributed by atoms with Crippen LogP contribution in [0.5, 0.6) is 11.5 Å². The second kappa shape index (κ2) is 6.55. The molecule has 128 valence electrons. The average Bonchev–Trinajstić information content (AvgIpc) is 2.80. The standard InChI is InChI=1S/C18H22N2O4/c1-11-17(12(2)24-19-11)18(21)20-7-5-13-9-15(22-3)16(23-4)10-14(13)6-8-20/h9-10H,5-8H2,1-4H3. The Balaban J connectivity index is 1.84. The minimum atomic E-state index is -0.0158. The van der Waals surface area contributed by atoms with Crippen LogP contribution in [0.1, 0.15) is 32.9 Å². The molecule has 0 fully saturated rings. The average molecular weight is 330 g/mol. The highest BCUT2D eigenvalue weighted by Gasteiger charge is 2.25. The van der Waals surface area contributed by atoms with E-state index in [0.29, 0.717) is 30.1 Å². The molecular weight excluding hydrogens is 308 g/mol. The van der Waals surface area contributed by atoms with E-state index in [2.05, 4.69) is 5.16 Å². The molecule has 2 aromatic rings. The fraction of sp³-hybridized carbons (Fsp3) is 0.444. The van der Waals surface area contributed by atoms with Gasteiger partial charge in [-0.1, -0.05) is 5.16 Å². The molecule has 0 aliphatic carbocycles. The molecule has 0 saturated carbocycles. The lowest BCUT2D eigenvalue weighted by molar-refractivity contribution is 0.0760. The van der Waals surface area contributed by atoms with E-state index in [1.807, 2.05) is 17.0 Å². The summed E-state index contributed by atoms with van der Waals surface area (Å²) in [7, 11) is 3.27. The van der Waals surface area contributed by atoms with E-state index in [-0.39, 0.29) is 5.91 Å². The Kier molecular flexibility index (Phi) is 4.46. The maximum absolute atomic E-state index is 12.8. The van der Waals surface area contributed by atoms with Crippen LogP contribution in [0, 0.1) is 13.8 Å². The summed E-state index contributed by atoms with van der Waals surface area (Å²) >= 11 is 0. The molecule has 0 N–H and O–H groups in total. The summed E-state index contributed by atoms with van der Waals surface area (Å²) in [6, 6.07) is 4.02. The fourth-order valence-electron chi connectivity index (χ4n) is 3.20. The normalized spacial score (nSPS) is 14.1. The third-order valence-electron chi connectivity index (χ3n) is 4.54. The van der Waals surface area contributed by atoms with Gasteiger partial charge in [0.05, 0.1) is 19.9 Å². The van der Waals surface area contributed by atoms with Crippen molar-refractivity contribution >= 4 is 5.91 Å². The number of amides is 1. The van der Waals surface area contributed by atoms with Gasteiger partial charge in [-0.05, 0) is 49.9 Å². The summed E-state index contributed by atoms with van der Waals surface area (Å²) in [5.41, 5.74) is 3.61. The van der Waals surface area contributed by atoms with Crippen molar-refractivity contribution in [2.45, 2.75) is 26.7 Å². The summed E-state index contributed by atoms with van der Waals surface area (Å²) < 4.78 is 15.9. The number of carbonyl (C=O) groups is 1. The van der Waals surface area contributed by atoms with E-state index in [9.17, 15) is 4.79 Å². The van der Waals surface area contributed by atoms with Crippen LogP contribution in [0.25, 0.3) is 0 Å². The molecule has 6 nitrogen and oxygen atoms in total. The summed E-state index contributed by atoms with van der Waals surface area (Å²) in [6.45, 7) is 4.89. The van der Waals surface area contributed by atoms with Crippen LogP contribution in [0.2, 0.25) is 0 Å². The molecule has 0 saturated heterocycles. The third-order valence-corrected chi connectivity index (χ3v) is 4.54. The number of aryl methyl sites for hydroxylation is 2. The number of methoxy groups -OCH3 is 2. The van der Waals surface area contributed by atoms with Gasteiger partial charge in [0.25, 0.3) is 5.91 Å². The van der Waals surface area contributed by atoms with E-state index in [4.69, 9.17) is 14.0 Å². The molecule has 0 radical (unpaired) electrons. The minimum absolute atomic E-state index is 0.0158. The van der Waals surface area contributed by atoms with Crippen molar-refractivity contribution in [2.75, 3.05) is 27.3 Å². The minimum Gasteiger partial charge on any atom is -0.493 e. The second-order valence-electron chi connectivity index (χ2n) is 5.97. The van der Waals surface area contributed by atoms with Crippen LogP contribution in [-0.4, -0.2) is 43.3 Å². The molecule has 3 rings (SSSR count). The van der Waals surface area contributed by atoms with Crippen LogP contribution >= 0.6 is 0 Å². The largest absolute Gasteiger partial charge is 0.493 e. The predicted octanol–water partition coefficient (Wildman–Crippen LogP) is 2.55. The van der Waals surface area contributed by atoms with Crippen LogP contribution < -0.4 is 9.47 Å². The van der Waals surface area contributed by atoms with Gasteiger partial charge in [-0.3, -0.25) is 4.79 Å². The Hall–Kier alpha value is -2.50. The predicted molar refractivity (Wildman–Crippen MR) is 88.8 cm³/mol. The highest BCUT2D eigenvalue weighted by molar-refractivity contribution is 5.96. The fourth-order valence-corrected chi connectivity index (χ4v) is 3.20. The van der Waals surface area contributed by atoms with Crippen molar-refractivity contribution in [1.82, 2.24) is 10.1 Å². The first kappa shape index (κ1) is 16.4. The van der Waals surface area contributed by atoms with E-state index >= 15 is 0 Å². The number of fused-ring (bicyclic) bond motifs is 1. The van der Waals surface area contributed by atoms with Crippen molar-refractivity contribution in [3.8, 4) is 11.5 Å². The summed E-state index contributed by atoms with van der Waals surface area (Å²) in [6.07, 6.45) is 1.57. The van der Waals surface area contributed by atoms with Crippen molar-refractivity contribution in [1.29, 1.82) is 0 Å². The van der Waals surface area contributed by atoms with Crippen LogP contribution in [0.15, 0.2) is 16.7 Å². The number of carbonyl (C=O) groups excluding carboxylic acids is 1. The Morgan fingerprint density at radius 3 is 2.04 bits per heavy atom. The quantitative estimate of drug-likeness (QED) is 0.865. The monoisotopic (exact) mass is 330 g/mol. The molecule has 0 atom stereocenters. The maximum Gasteiger partial charge on any atom is 0.259 e. The first-order chi connectivity index (χ1) is 11.5. The number of benzene rings is 1. The van der Waals surface area contributed by atoms with Gasteiger partial charge in [0.2, 0.25) is 0 Å². The molecule has 0 spiro atoms. The summed E-state index contributed by atoms with van der Waals surface area (Å²) in [5, 5.41) is 3.88. The van der Waals surface area contributed by atoms with Crippen LogP contribution in [0.4, 0.5) is 0 Å². The molecule has 1 aromatic carbocycles. The van der Waals surface area contributed by atoms with Gasteiger partial charge in [0.1, 0.15) is 11.3 Å². The zero-order valence-electron chi connectivity index (χ0n) is 14.5. The van der Waals surface area contributed by atoms with Crippen molar-refractivity contribution in [3.05, 3.63) is 40.3 Å². The van der Waals surface area contributed by atoms with Gasteiger partial charge in [0.15, 0.2) is 11.5 Å². The molecule has 24 heavy (non-hydrogen) atoms. The lowest BCUT2D eigenvalue weighted by Gasteiger charge is -2.19. The van der Waals surface area contributed by atoms with Crippen molar-refractivity contribution in [2.24, 2.45) is 0 Å². The van der Waals surface area contributed by atoms with Crippen molar-refractivity contribution < 1.29 is 18.8 Å². The number of aromatic nitrogens is 1. The number of nitrogens with zero attached hydrogens (tertiary/aromatic N) is 2. The van der Waals surface area contributed by atoms with E-state index < -0.39 is 0 Å². The molecule has 1 aromatic heterocycles. The molecule has 1 aliphatic rings. The number of rotatable bonds is 3. The lowest BCUT2D eigenvalue weighted by Crippen LogP contribution is -2.33. The smallest absolute Gasteiger partial charge is 0.259 e. The van der Waals surface area contributed by atoms with Crippen molar-refractivity contribution in [3.63, 3.8) is 0 Å². The molecule has 1 aliphatic heterocycles. The first-order valence-electron chi connectivity index (χ1n) is 8.01. The zero-order chi connectivity index (χ0) is 17.3. The Morgan fingerprint density at radius 1 is 1.08 bits per heavy atom. The SMILES string of the molecule is COc1cc2c(cc1OC)CCN(C(=O)c1c(C)noc1C)CC2. The number of hydrogen-bond donors (Lipinski definition) is 0. The van der Waals surface area contributed by atoms with E-state index in [0.717, 1.165) is 24.3 Å². The van der Waals surface area contributed by atoms with Gasteiger partial charge >= 0.3 is 0 Å². The van der Waals surface area contributed by atoms with Gasteiger partial charge in [0, 0.05) is 13.1 Å². The topological polar surface area (TPSA) is 64.8 Å². The van der Waals surface area contributed by atoms with Gasteiger partial charge in [-0.15, -0.1) is 0 Å². The molecule has 1 amide bonds. The lowest BCUT2D eigenvalue weighted by atomic mass is 10.0. The van der Waals surface area contributed by atoms with Gasteiger partial charge in [-0.2, -0.15) is 0 Å². The van der Waals surface area contributed by atoms with E-state index in [1.165, 1.54) is 11.1 Å². The summed E-state index contributed by atoms with van der Waals surface area (Å²) in [5.74, 6) is 2.00. The third kappa shape index (κ3) is 2.84. The summed E-state index contributed by atoms with van der Waals surface area (Å²) in [4.78, 5) is 14.7. The van der Waals surface area contributed by atoms with Gasteiger partial charge in [-0.25, -0.2) is 0 Å². The number of hydrogen-bond acceptors (Lipinski definition) is 5. The Labute approximate surface area is 141 Å². The van der Waals surface area contributed by atoms with E-state index in [1.54, 1.807) is 28.1 Å². The second-order valence-corrected chi connectivity index (χ2v) is 5.97. The molecule has 6 heteroatoms. The zero-order valence-corrected chi connectivity index (χ0v) is 14.5. The maximum atomic E-state index is 12.8. The molecular formula is C18H22N2O4. The first-order valence-corrected chi connectivity index (χ1v) is 8.01. The molecule has 0 unspecified atom stereocenters.